The van der Waals surface area contributed by atoms with Gasteiger partial charge in [-0.25, -0.2) is 0 Å². The molecule has 102 valence electrons. The number of carbonyl (C=O) groups is 1. The van der Waals surface area contributed by atoms with Crippen molar-refractivity contribution in [1.29, 1.82) is 0 Å². The van der Waals surface area contributed by atoms with E-state index in [1.54, 1.807) is 12.4 Å². The van der Waals surface area contributed by atoms with E-state index in [-0.39, 0.29) is 19.1 Å². The van der Waals surface area contributed by atoms with E-state index in [2.05, 4.69) is 10.3 Å². The van der Waals surface area contributed by atoms with Crippen LogP contribution < -0.4 is 14.8 Å². The highest BCUT2D eigenvalue weighted by molar-refractivity contribution is 5.79. The number of hydrogen-bond acceptors (Lipinski definition) is 4. The smallest absolute Gasteiger partial charge is 0.231 e. The van der Waals surface area contributed by atoms with E-state index in [4.69, 9.17) is 9.47 Å². The lowest BCUT2D eigenvalue weighted by Gasteiger charge is -2.07. The van der Waals surface area contributed by atoms with Crippen molar-refractivity contribution >= 4 is 5.91 Å². The number of aromatic nitrogens is 1. The van der Waals surface area contributed by atoms with Crippen LogP contribution in [0.4, 0.5) is 0 Å². The fraction of sp³-hybridized carbons (Fsp3) is 0.200. The lowest BCUT2D eigenvalue weighted by molar-refractivity contribution is -0.120. The summed E-state index contributed by atoms with van der Waals surface area (Å²) in [4.78, 5) is 16.0. The molecule has 1 N–H and O–H groups in total. The maximum absolute atomic E-state index is 12.0. The molecule has 1 amide bonds. The Labute approximate surface area is 116 Å². The number of benzene rings is 1. The van der Waals surface area contributed by atoms with Crippen LogP contribution in [0.1, 0.15) is 11.1 Å². The number of nitrogens with one attached hydrogen (secondary N) is 1. The van der Waals surface area contributed by atoms with Gasteiger partial charge in [-0.2, -0.15) is 0 Å². The molecular formula is C15H14N2O3. The van der Waals surface area contributed by atoms with Gasteiger partial charge in [0, 0.05) is 24.5 Å². The Morgan fingerprint density at radius 2 is 2.20 bits per heavy atom. The molecule has 0 unspecified atom stereocenters. The van der Waals surface area contributed by atoms with Crippen LogP contribution in [0.5, 0.6) is 11.5 Å². The fourth-order valence-corrected chi connectivity index (χ4v) is 2.07. The molecule has 0 radical (unpaired) electrons. The normalized spacial score (nSPS) is 12.2. The second-order valence-electron chi connectivity index (χ2n) is 4.47. The molecule has 0 atom stereocenters. The van der Waals surface area contributed by atoms with Gasteiger partial charge in [0.25, 0.3) is 0 Å². The van der Waals surface area contributed by atoms with Gasteiger partial charge < -0.3 is 14.8 Å². The molecular weight excluding hydrogens is 256 g/mol. The maximum atomic E-state index is 12.0. The maximum Gasteiger partial charge on any atom is 0.231 e. The van der Waals surface area contributed by atoms with Gasteiger partial charge >= 0.3 is 0 Å². The van der Waals surface area contributed by atoms with Crippen LogP contribution in [-0.2, 0) is 17.8 Å². The Bertz CT molecular complexity index is 614. The van der Waals surface area contributed by atoms with Crippen molar-refractivity contribution in [2.75, 3.05) is 6.79 Å². The van der Waals surface area contributed by atoms with E-state index in [0.29, 0.717) is 18.0 Å². The summed E-state index contributed by atoms with van der Waals surface area (Å²) < 4.78 is 10.7. The van der Waals surface area contributed by atoms with Crippen molar-refractivity contribution in [3.8, 4) is 11.5 Å². The SMILES string of the molecule is O=C(Cc1cccc2c1OCO2)NCc1cccnc1. The van der Waals surface area contributed by atoms with Gasteiger partial charge in [-0.15, -0.1) is 0 Å². The number of fused-ring (bicyclic) bond motifs is 1. The quantitative estimate of drug-likeness (QED) is 0.918. The number of nitrogens with zero attached hydrogens (tertiary/aromatic N) is 1. The second-order valence-corrected chi connectivity index (χ2v) is 4.47. The third kappa shape index (κ3) is 2.71. The molecule has 1 aromatic carbocycles. The number of rotatable bonds is 4. The summed E-state index contributed by atoms with van der Waals surface area (Å²) in [6.07, 6.45) is 3.71. The molecule has 0 fully saturated rings. The van der Waals surface area contributed by atoms with Crippen molar-refractivity contribution < 1.29 is 14.3 Å². The average molecular weight is 270 g/mol. The van der Waals surface area contributed by atoms with E-state index in [9.17, 15) is 4.79 Å². The minimum atomic E-state index is -0.0576. The monoisotopic (exact) mass is 270 g/mol. The summed E-state index contributed by atoms with van der Waals surface area (Å²) in [6.45, 7) is 0.683. The van der Waals surface area contributed by atoms with Crippen molar-refractivity contribution in [2.45, 2.75) is 13.0 Å². The molecule has 0 aliphatic carbocycles. The van der Waals surface area contributed by atoms with E-state index in [1.165, 1.54) is 0 Å². The Balaban J connectivity index is 1.61. The molecule has 3 rings (SSSR count). The van der Waals surface area contributed by atoms with Crippen LogP contribution in [0.15, 0.2) is 42.7 Å². The van der Waals surface area contributed by atoms with Crippen LogP contribution in [0.3, 0.4) is 0 Å². The van der Waals surface area contributed by atoms with Gasteiger partial charge in [-0.1, -0.05) is 18.2 Å². The van der Waals surface area contributed by atoms with Gasteiger partial charge in [0.2, 0.25) is 12.7 Å². The van der Waals surface area contributed by atoms with Crippen LogP contribution in [0.2, 0.25) is 0 Å². The molecule has 0 saturated heterocycles. The first-order chi connectivity index (χ1) is 9.83. The first-order valence-electron chi connectivity index (χ1n) is 6.36. The Morgan fingerprint density at radius 1 is 1.25 bits per heavy atom. The van der Waals surface area contributed by atoms with Gasteiger partial charge in [0.15, 0.2) is 11.5 Å². The number of hydrogen-bond donors (Lipinski definition) is 1. The molecule has 1 aliphatic heterocycles. The number of amides is 1. The molecule has 1 aromatic heterocycles. The number of para-hydroxylation sites is 1. The number of ether oxygens (including phenoxy) is 2. The van der Waals surface area contributed by atoms with Crippen molar-refractivity contribution in [3.63, 3.8) is 0 Å². The van der Waals surface area contributed by atoms with Crippen molar-refractivity contribution in [2.24, 2.45) is 0 Å². The second kappa shape index (κ2) is 5.61. The Kier molecular flexibility index (Phi) is 3.50. The van der Waals surface area contributed by atoms with Gasteiger partial charge in [0.05, 0.1) is 6.42 Å². The molecule has 2 aromatic rings. The summed E-state index contributed by atoms with van der Waals surface area (Å²) >= 11 is 0. The van der Waals surface area contributed by atoms with E-state index in [1.807, 2.05) is 30.3 Å². The molecule has 1 aliphatic rings. The van der Waals surface area contributed by atoms with Gasteiger partial charge in [-0.3, -0.25) is 9.78 Å². The molecule has 0 saturated carbocycles. The van der Waals surface area contributed by atoms with Crippen LogP contribution in [0, 0.1) is 0 Å². The summed E-state index contributed by atoms with van der Waals surface area (Å²) in [5.74, 6) is 1.31. The predicted molar refractivity (Wildman–Crippen MR) is 72.4 cm³/mol. The molecule has 0 spiro atoms. The minimum Gasteiger partial charge on any atom is -0.454 e. The molecule has 2 heterocycles. The van der Waals surface area contributed by atoms with E-state index < -0.39 is 0 Å². The topological polar surface area (TPSA) is 60.5 Å². The summed E-state index contributed by atoms with van der Waals surface area (Å²) in [5.41, 5.74) is 1.81. The minimum absolute atomic E-state index is 0.0576. The lowest BCUT2D eigenvalue weighted by atomic mass is 10.1. The third-order valence-corrected chi connectivity index (χ3v) is 3.04. The first kappa shape index (κ1) is 12.5. The standard InChI is InChI=1S/C15H14N2O3/c18-14(17-9-11-3-2-6-16-8-11)7-12-4-1-5-13-15(12)20-10-19-13/h1-6,8H,7,9-10H2,(H,17,18). The Morgan fingerprint density at radius 3 is 3.05 bits per heavy atom. The first-order valence-corrected chi connectivity index (χ1v) is 6.36. The van der Waals surface area contributed by atoms with Crippen LogP contribution >= 0.6 is 0 Å². The van der Waals surface area contributed by atoms with Gasteiger partial charge in [-0.05, 0) is 17.7 Å². The zero-order chi connectivity index (χ0) is 13.8. The summed E-state index contributed by atoms with van der Waals surface area (Å²) in [6, 6.07) is 9.33. The number of pyridine rings is 1. The fourth-order valence-electron chi connectivity index (χ4n) is 2.07. The van der Waals surface area contributed by atoms with E-state index >= 15 is 0 Å². The molecule has 5 heteroatoms. The zero-order valence-electron chi connectivity index (χ0n) is 10.8. The third-order valence-electron chi connectivity index (χ3n) is 3.04. The summed E-state index contributed by atoms with van der Waals surface area (Å²) in [7, 11) is 0. The zero-order valence-corrected chi connectivity index (χ0v) is 10.8. The van der Waals surface area contributed by atoms with Crippen LogP contribution in [0.25, 0.3) is 0 Å². The predicted octanol–water partition coefficient (Wildman–Crippen LogP) is 1.67. The van der Waals surface area contributed by atoms with Crippen molar-refractivity contribution in [1.82, 2.24) is 10.3 Å². The van der Waals surface area contributed by atoms with E-state index in [0.717, 1.165) is 11.1 Å². The average Bonchev–Trinajstić information content (AvgIpc) is 2.96. The van der Waals surface area contributed by atoms with Gasteiger partial charge in [0.1, 0.15) is 0 Å². The molecule has 20 heavy (non-hydrogen) atoms. The number of carbonyl (C=O) groups excluding carboxylic acids is 1. The van der Waals surface area contributed by atoms with Crippen molar-refractivity contribution in [3.05, 3.63) is 53.9 Å². The highest BCUT2D eigenvalue weighted by Gasteiger charge is 2.18. The molecule has 0 bridgehead atoms. The molecule has 5 nitrogen and oxygen atoms in total. The van der Waals surface area contributed by atoms with Crippen LogP contribution in [-0.4, -0.2) is 17.7 Å². The highest BCUT2D eigenvalue weighted by atomic mass is 16.7. The summed E-state index contributed by atoms with van der Waals surface area (Å²) in [5, 5.41) is 2.86. The lowest BCUT2D eigenvalue weighted by Crippen LogP contribution is -2.24. The Hall–Kier alpha value is -2.56. The largest absolute Gasteiger partial charge is 0.454 e. The highest BCUT2D eigenvalue weighted by Crippen LogP contribution is 2.35.